The monoisotopic (exact) mass is 546 g/mol. The predicted molar refractivity (Wildman–Crippen MR) is 163 cm³/mol. The van der Waals surface area contributed by atoms with Gasteiger partial charge in [-0.2, -0.15) is 0 Å². The van der Waals surface area contributed by atoms with Crippen LogP contribution in [0, 0.1) is 29.6 Å². The number of pyridine rings is 1. The van der Waals surface area contributed by atoms with Crippen LogP contribution < -0.4 is 5.56 Å². The summed E-state index contributed by atoms with van der Waals surface area (Å²) in [6, 6.07) is 2.09. The second kappa shape index (κ2) is 12.8. The lowest BCUT2D eigenvalue weighted by molar-refractivity contribution is 0.0432. The van der Waals surface area contributed by atoms with Crippen LogP contribution in [0.1, 0.15) is 57.6 Å². The fourth-order valence-corrected chi connectivity index (χ4v) is 7.06. The molecule has 0 aromatic carbocycles. The van der Waals surface area contributed by atoms with Gasteiger partial charge in [0.15, 0.2) is 0 Å². The number of aromatic amines is 1. The highest BCUT2D eigenvalue weighted by Gasteiger charge is 2.35. The molecule has 2 aliphatic heterocycles. The van der Waals surface area contributed by atoms with Gasteiger partial charge < -0.3 is 19.4 Å². The molecule has 7 heteroatoms. The van der Waals surface area contributed by atoms with Gasteiger partial charge in [0.2, 0.25) is 0 Å². The number of hydrogen-bond acceptors (Lipinski definition) is 6. The Kier molecular flexibility index (Phi) is 9.21. The Labute approximate surface area is 239 Å². The van der Waals surface area contributed by atoms with E-state index >= 15 is 0 Å². The molecule has 4 atom stereocenters. The Balaban J connectivity index is 1.42. The van der Waals surface area contributed by atoms with Crippen molar-refractivity contribution in [1.82, 2.24) is 9.88 Å². The van der Waals surface area contributed by atoms with E-state index in [-0.39, 0.29) is 11.5 Å². The van der Waals surface area contributed by atoms with Crippen LogP contribution in [0.4, 0.5) is 0 Å². The number of fused-ring (bicyclic) bond motifs is 1. The van der Waals surface area contributed by atoms with E-state index in [0.717, 1.165) is 92.6 Å². The molecule has 2 aliphatic carbocycles. The summed E-state index contributed by atoms with van der Waals surface area (Å²) in [5, 5.41) is 0. The van der Waals surface area contributed by atoms with Crippen LogP contribution in [0.5, 0.6) is 0 Å². The van der Waals surface area contributed by atoms with E-state index in [1.165, 1.54) is 11.1 Å². The maximum atomic E-state index is 13.3. The number of nitrogens with zero attached hydrogens (tertiary/aromatic N) is 3. The Hall–Kier alpha value is -2.77. The van der Waals surface area contributed by atoms with Crippen molar-refractivity contribution >= 4 is 17.6 Å². The quantitative estimate of drug-likeness (QED) is 0.480. The molecule has 1 aromatic heterocycles. The highest BCUT2D eigenvalue weighted by molar-refractivity contribution is 5.99. The molecular formula is C33H46N4O3. The number of H-pyrrole nitrogens is 1. The molecule has 0 saturated carbocycles. The molecule has 1 N–H and O–H groups in total. The van der Waals surface area contributed by atoms with Crippen molar-refractivity contribution < 1.29 is 9.47 Å². The Bertz CT molecular complexity index is 1280. The molecule has 3 heterocycles. The van der Waals surface area contributed by atoms with Crippen molar-refractivity contribution in [2.45, 2.75) is 52.9 Å². The van der Waals surface area contributed by atoms with Crippen molar-refractivity contribution in [3.8, 4) is 0 Å². The number of likely N-dealkylation sites (tertiary alicyclic amines) is 1. The lowest BCUT2D eigenvalue weighted by atomic mass is 9.75. The number of hydrogen-bond donors (Lipinski definition) is 1. The highest BCUT2D eigenvalue weighted by Crippen LogP contribution is 2.41. The zero-order valence-electron chi connectivity index (χ0n) is 24.9. The van der Waals surface area contributed by atoms with Crippen molar-refractivity contribution in [2.24, 2.45) is 39.6 Å². The maximum Gasteiger partial charge on any atom is 0.257 e. The fourth-order valence-electron chi connectivity index (χ4n) is 7.06. The molecule has 7 nitrogen and oxygen atoms in total. The number of methoxy groups -OCH3 is 2. The standard InChI is InChI=1S/C33H46N4O3/c1-6-23-15-26(29-17-34-18-30(40-5)22(3)21(29)2)16-25-11-12-35-33(38)31(25)32(23)36-28-9-7-24(8-10-28)27-19-37(20-27)13-14-39-4/h7,9,11-12,17,21,24,26-27,29H,6,8,10,13-16,18-20H2,1-5H3,(H,35,38). The first-order valence-corrected chi connectivity index (χ1v) is 15.1. The molecular weight excluding hydrogens is 500 g/mol. The minimum atomic E-state index is -0.0351. The summed E-state index contributed by atoms with van der Waals surface area (Å²) in [4.78, 5) is 28.8. The van der Waals surface area contributed by atoms with Crippen LogP contribution in [-0.4, -0.2) is 68.8 Å². The van der Waals surface area contributed by atoms with Gasteiger partial charge in [-0.3, -0.25) is 14.8 Å². The summed E-state index contributed by atoms with van der Waals surface area (Å²) < 4.78 is 10.9. The van der Waals surface area contributed by atoms with Gasteiger partial charge in [0.05, 0.1) is 31.5 Å². The minimum Gasteiger partial charge on any atom is -0.499 e. The van der Waals surface area contributed by atoms with Crippen LogP contribution in [0.15, 0.2) is 56.1 Å². The lowest BCUT2D eigenvalue weighted by Crippen LogP contribution is -2.50. The second-order valence-electron chi connectivity index (χ2n) is 12.0. The zero-order chi connectivity index (χ0) is 28.2. The summed E-state index contributed by atoms with van der Waals surface area (Å²) in [6.45, 7) is 11.4. The third-order valence-corrected chi connectivity index (χ3v) is 9.77. The second-order valence-corrected chi connectivity index (χ2v) is 12.0. The van der Waals surface area contributed by atoms with E-state index in [0.29, 0.717) is 24.3 Å². The van der Waals surface area contributed by atoms with Gasteiger partial charge in [-0.25, -0.2) is 0 Å². The van der Waals surface area contributed by atoms with E-state index in [2.05, 4.69) is 55.1 Å². The van der Waals surface area contributed by atoms with Crippen molar-refractivity contribution in [3.05, 3.63) is 62.8 Å². The average Bonchev–Trinajstić information content (AvgIpc) is 3.18. The van der Waals surface area contributed by atoms with E-state index in [1.54, 1.807) is 20.4 Å². The summed E-state index contributed by atoms with van der Waals surface area (Å²) in [7, 11) is 3.51. The largest absolute Gasteiger partial charge is 0.499 e. The van der Waals surface area contributed by atoms with E-state index < -0.39 is 0 Å². The third kappa shape index (κ3) is 5.96. The lowest BCUT2D eigenvalue weighted by Gasteiger charge is -2.43. The third-order valence-electron chi connectivity index (χ3n) is 9.77. The van der Waals surface area contributed by atoms with E-state index in [1.807, 2.05) is 0 Å². The summed E-state index contributed by atoms with van der Waals surface area (Å²) in [5.74, 6) is 3.23. The first-order valence-electron chi connectivity index (χ1n) is 15.1. The van der Waals surface area contributed by atoms with Gasteiger partial charge in [-0.1, -0.05) is 19.9 Å². The molecule has 1 fully saturated rings. The smallest absolute Gasteiger partial charge is 0.257 e. The molecule has 0 radical (unpaired) electrons. The molecule has 0 bridgehead atoms. The topological polar surface area (TPSA) is 79.3 Å². The van der Waals surface area contributed by atoms with Crippen molar-refractivity contribution in [3.63, 3.8) is 0 Å². The average molecular weight is 547 g/mol. The Morgan fingerprint density at radius 2 is 2.02 bits per heavy atom. The molecule has 4 aliphatic rings. The maximum absolute atomic E-state index is 13.3. The van der Waals surface area contributed by atoms with Gasteiger partial charge in [0.25, 0.3) is 5.56 Å². The van der Waals surface area contributed by atoms with Gasteiger partial charge in [-0.15, -0.1) is 0 Å². The van der Waals surface area contributed by atoms with Gasteiger partial charge in [0, 0.05) is 50.8 Å². The highest BCUT2D eigenvalue weighted by atomic mass is 16.5. The number of rotatable bonds is 8. The molecule has 40 heavy (non-hydrogen) atoms. The van der Waals surface area contributed by atoms with Crippen LogP contribution in [0.2, 0.25) is 0 Å². The first kappa shape index (κ1) is 28.7. The van der Waals surface area contributed by atoms with Crippen LogP contribution in [-0.2, 0) is 15.9 Å². The molecule has 4 unspecified atom stereocenters. The van der Waals surface area contributed by atoms with Crippen molar-refractivity contribution in [1.29, 1.82) is 0 Å². The van der Waals surface area contributed by atoms with Gasteiger partial charge >= 0.3 is 0 Å². The van der Waals surface area contributed by atoms with E-state index in [4.69, 9.17) is 19.5 Å². The number of aromatic nitrogens is 1. The summed E-state index contributed by atoms with van der Waals surface area (Å²) in [6.07, 6.45) is 13.2. The molecule has 1 saturated heterocycles. The molecule has 0 spiro atoms. The first-order chi connectivity index (χ1) is 19.4. The Morgan fingerprint density at radius 1 is 1.20 bits per heavy atom. The normalized spacial score (nSPS) is 28.9. The SMILES string of the molecule is CCC1=C(N=C2C=CC(C3CN(CCOC)C3)CC2)c2c(cc[nH]c2=O)CC(C2C=NCC(OC)=C(C)C2C)C1. The van der Waals surface area contributed by atoms with Crippen LogP contribution >= 0.6 is 0 Å². The number of nitrogens with one attached hydrogen (secondary N) is 1. The van der Waals surface area contributed by atoms with Crippen LogP contribution in [0.25, 0.3) is 5.70 Å². The predicted octanol–water partition coefficient (Wildman–Crippen LogP) is 5.30. The Morgan fingerprint density at radius 3 is 2.73 bits per heavy atom. The minimum absolute atomic E-state index is 0.0351. The van der Waals surface area contributed by atoms with Gasteiger partial charge in [0.1, 0.15) is 5.76 Å². The number of ether oxygens (including phenoxy) is 2. The van der Waals surface area contributed by atoms with Crippen LogP contribution in [0.3, 0.4) is 0 Å². The molecule has 216 valence electrons. The molecule has 5 rings (SSSR count). The number of aliphatic imine (C=N–C) groups is 2. The summed E-state index contributed by atoms with van der Waals surface area (Å²) in [5.41, 5.74) is 6.37. The van der Waals surface area contributed by atoms with Crippen molar-refractivity contribution in [2.75, 3.05) is 47.0 Å². The molecule has 0 amide bonds. The van der Waals surface area contributed by atoms with Gasteiger partial charge in [-0.05, 0) is 91.6 Å². The number of allylic oxidation sites excluding steroid dienone is 4. The molecule has 1 aromatic rings. The summed E-state index contributed by atoms with van der Waals surface area (Å²) >= 11 is 0. The fraction of sp³-hybridized carbons (Fsp3) is 0.606. The van der Waals surface area contributed by atoms with E-state index in [9.17, 15) is 4.79 Å². The zero-order valence-corrected chi connectivity index (χ0v) is 24.9.